The molecule has 0 aromatic carbocycles. The number of carbonyl (C=O) groups is 1. The summed E-state index contributed by atoms with van der Waals surface area (Å²) in [6.45, 7) is 7.65. The number of carboxylic acids is 1. The Bertz CT molecular complexity index is 176. The third-order valence-electron chi connectivity index (χ3n) is 2.65. The van der Waals surface area contributed by atoms with E-state index in [-0.39, 0.29) is 24.5 Å². The zero-order chi connectivity index (χ0) is 13.2. The maximum atomic E-state index is 9.93. The van der Waals surface area contributed by atoms with Crippen LogP contribution < -0.4 is 0 Å². The van der Waals surface area contributed by atoms with Crippen LogP contribution in [0.5, 0.6) is 0 Å². The predicted molar refractivity (Wildman–Crippen MR) is 64.3 cm³/mol. The first kappa shape index (κ1) is 17.8. The van der Waals surface area contributed by atoms with Gasteiger partial charge in [0.15, 0.2) is 0 Å². The Morgan fingerprint density at radius 1 is 1.25 bits per heavy atom. The number of hydrogen-bond acceptors (Lipinski definition) is 3. The van der Waals surface area contributed by atoms with Crippen molar-refractivity contribution in [2.45, 2.75) is 47.0 Å². The molecule has 16 heavy (non-hydrogen) atoms. The summed E-state index contributed by atoms with van der Waals surface area (Å²) in [5.41, 5.74) is -0.255. The van der Waals surface area contributed by atoms with Crippen LogP contribution in [0.2, 0.25) is 0 Å². The van der Waals surface area contributed by atoms with Gasteiger partial charge in [-0.05, 0) is 12.8 Å². The van der Waals surface area contributed by atoms with Crippen LogP contribution in [0.3, 0.4) is 0 Å². The molecule has 4 heteroatoms. The van der Waals surface area contributed by atoms with Crippen molar-refractivity contribution in [3.63, 3.8) is 0 Å². The summed E-state index contributed by atoms with van der Waals surface area (Å²) in [6.07, 6.45) is 2.62. The van der Waals surface area contributed by atoms with Crippen LogP contribution in [-0.4, -0.2) is 34.5 Å². The highest BCUT2D eigenvalue weighted by Crippen LogP contribution is 2.20. The topological polar surface area (TPSA) is 77.8 Å². The van der Waals surface area contributed by atoms with Gasteiger partial charge in [0.05, 0.1) is 19.1 Å². The Kier molecular flexibility index (Phi) is 10.7. The van der Waals surface area contributed by atoms with Crippen LogP contribution in [0.1, 0.15) is 47.0 Å². The molecule has 0 heterocycles. The summed E-state index contributed by atoms with van der Waals surface area (Å²) >= 11 is 0. The minimum absolute atomic E-state index is 0.0807. The molecule has 0 aliphatic heterocycles. The molecule has 0 aliphatic carbocycles. The first-order valence-electron chi connectivity index (χ1n) is 5.81. The highest BCUT2D eigenvalue weighted by molar-refractivity contribution is 5.69. The average molecular weight is 234 g/mol. The summed E-state index contributed by atoms with van der Waals surface area (Å²) in [5, 5.41) is 25.7. The average Bonchev–Trinajstić information content (AvgIpc) is 2.28. The first-order chi connectivity index (χ1) is 7.36. The van der Waals surface area contributed by atoms with Crippen molar-refractivity contribution in [2.75, 3.05) is 13.2 Å². The van der Waals surface area contributed by atoms with Crippen LogP contribution >= 0.6 is 0 Å². The standard InChI is InChI=1S/C7H16O2.C5H10O2/c1-3-4-7(2,5-8)6-9;1-3-4(2)5(6)7/h8-9H,3-6H2,1-2H3;4H,3H2,1-2H3,(H,6,7). The van der Waals surface area contributed by atoms with Crippen LogP contribution in [-0.2, 0) is 4.79 Å². The maximum Gasteiger partial charge on any atom is 0.306 e. The molecule has 0 aliphatic rings. The van der Waals surface area contributed by atoms with E-state index in [9.17, 15) is 4.79 Å². The summed E-state index contributed by atoms with van der Waals surface area (Å²) < 4.78 is 0. The van der Waals surface area contributed by atoms with Crippen LogP contribution in [0.25, 0.3) is 0 Å². The highest BCUT2D eigenvalue weighted by atomic mass is 16.4. The third-order valence-corrected chi connectivity index (χ3v) is 2.65. The van der Waals surface area contributed by atoms with E-state index in [0.717, 1.165) is 19.3 Å². The summed E-state index contributed by atoms with van der Waals surface area (Å²) in [4.78, 5) is 9.93. The monoisotopic (exact) mass is 234 g/mol. The van der Waals surface area contributed by atoms with Crippen LogP contribution in [0.15, 0.2) is 0 Å². The second-order valence-corrected chi connectivity index (χ2v) is 4.52. The van der Waals surface area contributed by atoms with Gasteiger partial charge < -0.3 is 15.3 Å². The molecule has 0 aromatic heterocycles. The molecular weight excluding hydrogens is 208 g/mol. The lowest BCUT2D eigenvalue weighted by Crippen LogP contribution is -2.25. The van der Waals surface area contributed by atoms with E-state index in [2.05, 4.69) is 0 Å². The molecule has 0 saturated carbocycles. The molecule has 3 N–H and O–H groups in total. The Balaban J connectivity index is 0. The molecule has 0 bridgehead atoms. The summed E-state index contributed by atoms with van der Waals surface area (Å²) in [6, 6.07) is 0. The van der Waals surface area contributed by atoms with Crippen molar-refractivity contribution in [3.05, 3.63) is 0 Å². The number of aliphatic hydroxyl groups is 2. The second kappa shape index (κ2) is 9.60. The fraction of sp³-hybridized carbons (Fsp3) is 0.917. The molecule has 1 atom stereocenters. The number of carboxylic acid groups (broad SMARTS) is 1. The smallest absolute Gasteiger partial charge is 0.306 e. The molecule has 0 rings (SSSR count). The molecule has 0 radical (unpaired) electrons. The van der Waals surface area contributed by atoms with E-state index in [1.54, 1.807) is 6.92 Å². The Morgan fingerprint density at radius 3 is 1.75 bits per heavy atom. The lowest BCUT2D eigenvalue weighted by atomic mass is 9.88. The van der Waals surface area contributed by atoms with Gasteiger partial charge in [-0.1, -0.05) is 34.1 Å². The Hall–Kier alpha value is -0.610. The van der Waals surface area contributed by atoms with Gasteiger partial charge in [-0.2, -0.15) is 0 Å². The maximum absolute atomic E-state index is 9.93. The van der Waals surface area contributed by atoms with Crippen LogP contribution in [0, 0.1) is 11.3 Å². The van der Waals surface area contributed by atoms with Gasteiger partial charge >= 0.3 is 5.97 Å². The van der Waals surface area contributed by atoms with Crippen molar-refractivity contribution < 1.29 is 20.1 Å². The minimum Gasteiger partial charge on any atom is -0.481 e. The van der Waals surface area contributed by atoms with E-state index in [1.807, 2.05) is 20.8 Å². The van der Waals surface area contributed by atoms with Gasteiger partial charge in [-0.25, -0.2) is 0 Å². The van der Waals surface area contributed by atoms with Gasteiger partial charge in [0.25, 0.3) is 0 Å². The van der Waals surface area contributed by atoms with Crippen LogP contribution in [0.4, 0.5) is 0 Å². The third kappa shape index (κ3) is 8.68. The number of aliphatic hydroxyl groups excluding tert-OH is 2. The molecule has 0 aromatic rings. The highest BCUT2D eigenvalue weighted by Gasteiger charge is 2.20. The molecule has 98 valence electrons. The van der Waals surface area contributed by atoms with Crippen molar-refractivity contribution >= 4 is 5.97 Å². The second-order valence-electron chi connectivity index (χ2n) is 4.52. The van der Waals surface area contributed by atoms with E-state index in [1.165, 1.54) is 0 Å². The number of aliphatic carboxylic acids is 1. The van der Waals surface area contributed by atoms with E-state index < -0.39 is 5.97 Å². The molecule has 1 unspecified atom stereocenters. The SMILES string of the molecule is CCC(C)C(=O)O.CCCC(C)(CO)CO. The zero-order valence-electron chi connectivity index (χ0n) is 10.9. The summed E-state index contributed by atoms with van der Waals surface area (Å²) in [5.74, 6) is -0.887. The molecule has 0 spiro atoms. The van der Waals surface area contributed by atoms with Gasteiger partial charge in [0, 0.05) is 5.41 Å². The molecule has 0 amide bonds. The van der Waals surface area contributed by atoms with E-state index in [4.69, 9.17) is 15.3 Å². The van der Waals surface area contributed by atoms with E-state index in [0.29, 0.717) is 0 Å². The Morgan fingerprint density at radius 2 is 1.69 bits per heavy atom. The molecule has 0 fully saturated rings. The molecular formula is C12H26O4. The van der Waals surface area contributed by atoms with Gasteiger partial charge in [0.2, 0.25) is 0 Å². The predicted octanol–water partition coefficient (Wildman–Crippen LogP) is 1.89. The molecule has 4 nitrogen and oxygen atoms in total. The largest absolute Gasteiger partial charge is 0.481 e. The normalized spacial score (nSPS) is 12.6. The Labute approximate surface area is 98.3 Å². The van der Waals surface area contributed by atoms with Crippen molar-refractivity contribution in [3.8, 4) is 0 Å². The number of rotatable bonds is 6. The van der Waals surface area contributed by atoms with Gasteiger partial charge in [0.1, 0.15) is 0 Å². The minimum atomic E-state index is -0.706. The van der Waals surface area contributed by atoms with E-state index >= 15 is 0 Å². The lowest BCUT2D eigenvalue weighted by Gasteiger charge is -2.23. The lowest BCUT2D eigenvalue weighted by molar-refractivity contribution is -0.141. The molecule has 0 saturated heterocycles. The fourth-order valence-electron chi connectivity index (χ4n) is 0.986. The van der Waals surface area contributed by atoms with Crippen molar-refractivity contribution in [1.29, 1.82) is 0 Å². The number of hydrogen-bond donors (Lipinski definition) is 3. The van der Waals surface area contributed by atoms with Gasteiger partial charge in [-0.15, -0.1) is 0 Å². The first-order valence-corrected chi connectivity index (χ1v) is 5.81. The quantitative estimate of drug-likeness (QED) is 0.656. The fourth-order valence-corrected chi connectivity index (χ4v) is 0.986. The zero-order valence-corrected chi connectivity index (χ0v) is 10.9. The van der Waals surface area contributed by atoms with Crippen molar-refractivity contribution in [2.24, 2.45) is 11.3 Å². The summed E-state index contributed by atoms with van der Waals surface area (Å²) in [7, 11) is 0. The van der Waals surface area contributed by atoms with Gasteiger partial charge in [-0.3, -0.25) is 4.79 Å². The van der Waals surface area contributed by atoms with Crippen molar-refractivity contribution in [1.82, 2.24) is 0 Å².